The second-order valence-electron chi connectivity index (χ2n) is 10.5. The number of ether oxygens (including phenoxy) is 3. The standard InChI is InChI=1S/C21H38O4Si/c1-18(2,3)26(4,5)25-17-9-13-19(10-6-14-22-19)21(12-8-16-24-21)20(17)11-7-15-23-20/h17H,6-16H2,1-5H3/t17-,19+,20+,21-/m0/s1. The fourth-order valence-electron chi connectivity index (χ4n) is 5.91. The molecule has 4 atom stereocenters. The van der Waals surface area contributed by atoms with Gasteiger partial charge in [0.15, 0.2) is 8.32 Å². The average molecular weight is 383 g/mol. The summed E-state index contributed by atoms with van der Waals surface area (Å²) < 4.78 is 26.9. The van der Waals surface area contributed by atoms with Gasteiger partial charge >= 0.3 is 0 Å². The molecule has 4 fully saturated rings. The zero-order chi connectivity index (χ0) is 18.7. The van der Waals surface area contributed by atoms with Gasteiger partial charge in [0.05, 0.1) is 6.10 Å². The summed E-state index contributed by atoms with van der Waals surface area (Å²) in [6, 6.07) is 0. The first-order valence-corrected chi connectivity index (χ1v) is 13.7. The third-order valence-electron chi connectivity index (χ3n) is 8.17. The lowest BCUT2D eigenvalue weighted by Gasteiger charge is -2.61. The smallest absolute Gasteiger partial charge is 0.192 e. The van der Waals surface area contributed by atoms with E-state index in [0.29, 0.717) is 0 Å². The van der Waals surface area contributed by atoms with Gasteiger partial charge < -0.3 is 18.6 Å². The second kappa shape index (κ2) is 6.28. The molecule has 0 radical (unpaired) electrons. The zero-order valence-corrected chi connectivity index (χ0v) is 18.5. The van der Waals surface area contributed by atoms with Crippen molar-refractivity contribution in [3.8, 4) is 0 Å². The van der Waals surface area contributed by atoms with E-state index in [4.69, 9.17) is 18.6 Å². The molecule has 0 aromatic heterocycles. The first-order valence-electron chi connectivity index (χ1n) is 10.8. The van der Waals surface area contributed by atoms with Gasteiger partial charge in [-0.25, -0.2) is 0 Å². The van der Waals surface area contributed by atoms with Gasteiger partial charge in [-0.3, -0.25) is 0 Å². The summed E-state index contributed by atoms with van der Waals surface area (Å²) in [6.07, 6.45) is 8.83. The van der Waals surface area contributed by atoms with Crippen LogP contribution >= 0.6 is 0 Å². The lowest BCUT2D eigenvalue weighted by atomic mass is 9.58. The molecule has 0 amide bonds. The molecule has 150 valence electrons. The van der Waals surface area contributed by atoms with Gasteiger partial charge in [0.25, 0.3) is 0 Å². The van der Waals surface area contributed by atoms with Crippen molar-refractivity contribution in [2.24, 2.45) is 0 Å². The van der Waals surface area contributed by atoms with Crippen molar-refractivity contribution < 1.29 is 18.6 Å². The lowest BCUT2D eigenvalue weighted by molar-refractivity contribution is -0.301. The Labute approximate surface area is 160 Å². The molecule has 4 aliphatic rings. The minimum atomic E-state index is -1.88. The molecular formula is C21H38O4Si. The minimum absolute atomic E-state index is 0.138. The highest BCUT2D eigenvalue weighted by Gasteiger charge is 2.73. The van der Waals surface area contributed by atoms with Gasteiger partial charge in [0, 0.05) is 19.8 Å². The first kappa shape index (κ1) is 19.4. The van der Waals surface area contributed by atoms with Crippen LogP contribution in [0.5, 0.6) is 0 Å². The Morgan fingerprint density at radius 1 is 0.846 bits per heavy atom. The van der Waals surface area contributed by atoms with Crippen LogP contribution in [0.15, 0.2) is 0 Å². The van der Waals surface area contributed by atoms with Crippen molar-refractivity contribution in [2.75, 3.05) is 19.8 Å². The van der Waals surface area contributed by atoms with Crippen LogP contribution in [0.1, 0.15) is 72.1 Å². The Balaban J connectivity index is 1.74. The van der Waals surface area contributed by atoms with Crippen LogP contribution in [0.2, 0.25) is 18.1 Å². The van der Waals surface area contributed by atoms with Crippen LogP contribution in [-0.4, -0.2) is 51.0 Å². The molecule has 3 spiro atoms. The van der Waals surface area contributed by atoms with E-state index in [0.717, 1.165) is 71.2 Å². The predicted molar refractivity (Wildman–Crippen MR) is 105 cm³/mol. The Morgan fingerprint density at radius 3 is 2.04 bits per heavy atom. The molecule has 1 saturated carbocycles. The van der Waals surface area contributed by atoms with Gasteiger partial charge in [0.1, 0.15) is 16.8 Å². The zero-order valence-electron chi connectivity index (χ0n) is 17.5. The number of hydrogen-bond donors (Lipinski definition) is 0. The third-order valence-corrected chi connectivity index (χ3v) is 12.7. The molecule has 26 heavy (non-hydrogen) atoms. The fraction of sp³-hybridized carbons (Fsp3) is 1.00. The summed E-state index contributed by atoms with van der Waals surface area (Å²) >= 11 is 0. The highest BCUT2D eigenvalue weighted by Crippen LogP contribution is 2.62. The van der Waals surface area contributed by atoms with Crippen LogP contribution < -0.4 is 0 Å². The molecular weight excluding hydrogens is 344 g/mol. The summed E-state index contributed by atoms with van der Waals surface area (Å²) in [7, 11) is -1.88. The summed E-state index contributed by atoms with van der Waals surface area (Å²) in [5.74, 6) is 0. The highest BCUT2D eigenvalue weighted by molar-refractivity contribution is 6.74. The maximum absolute atomic E-state index is 7.05. The normalized spacial score (nSPS) is 44.0. The molecule has 0 aromatic rings. The average Bonchev–Trinajstić information content (AvgIpc) is 3.28. The van der Waals surface area contributed by atoms with Gasteiger partial charge in [-0.05, 0) is 69.5 Å². The van der Waals surface area contributed by atoms with E-state index in [-0.39, 0.29) is 27.9 Å². The van der Waals surface area contributed by atoms with E-state index in [1.54, 1.807) is 0 Å². The minimum Gasteiger partial charge on any atom is -0.411 e. The van der Waals surface area contributed by atoms with Crippen molar-refractivity contribution in [1.29, 1.82) is 0 Å². The predicted octanol–water partition coefficient (Wildman–Crippen LogP) is 4.82. The first-order chi connectivity index (χ1) is 12.2. The molecule has 4 nitrogen and oxygen atoms in total. The molecule has 3 aliphatic heterocycles. The van der Waals surface area contributed by atoms with Crippen molar-refractivity contribution in [3.05, 3.63) is 0 Å². The van der Waals surface area contributed by atoms with Crippen LogP contribution in [0.25, 0.3) is 0 Å². The largest absolute Gasteiger partial charge is 0.411 e. The molecule has 0 unspecified atom stereocenters. The summed E-state index contributed by atoms with van der Waals surface area (Å²) in [5, 5.41) is 0.204. The number of hydrogen-bond acceptors (Lipinski definition) is 4. The lowest BCUT2D eigenvalue weighted by Crippen LogP contribution is -2.75. The van der Waals surface area contributed by atoms with Crippen molar-refractivity contribution in [2.45, 2.75) is 113 Å². The molecule has 0 bridgehead atoms. The Morgan fingerprint density at radius 2 is 1.50 bits per heavy atom. The molecule has 3 heterocycles. The van der Waals surface area contributed by atoms with E-state index in [1.807, 2.05) is 0 Å². The van der Waals surface area contributed by atoms with E-state index < -0.39 is 8.32 Å². The Hall–Kier alpha value is 0.0569. The summed E-state index contributed by atoms with van der Waals surface area (Å²) in [6.45, 7) is 14.3. The Bertz CT molecular complexity index is 521. The maximum Gasteiger partial charge on any atom is 0.192 e. The van der Waals surface area contributed by atoms with Gasteiger partial charge in [0.2, 0.25) is 0 Å². The van der Waals surface area contributed by atoms with Crippen molar-refractivity contribution in [3.63, 3.8) is 0 Å². The number of fused-ring (bicyclic) bond motifs is 2. The quantitative estimate of drug-likeness (QED) is 0.642. The topological polar surface area (TPSA) is 36.9 Å². The molecule has 1 aliphatic carbocycles. The van der Waals surface area contributed by atoms with E-state index in [1.165, 1.54) is 0 Å². The van der Waals surface area contributed by atoms with Crippen molar-refractivity contribution >= 4 is 8.32 Å². The molecule has 0 aromatic carbocycles. The number of rotatable bonds is 2. The summed E-state index contributed by atoms with van der Waals surface area (Å²) in [4.78, 5) is 0. The molecule has 0 N–H and O–H groups in total. The van der Waals surface area contributed by atoms with Crippen LogP contribution in [-0.2, 0) is 18.6 Å². The molecule has 3 saturated heterocycles. The Kier molecular flexibility index (Phi) is 4.68. The monoisotopic (exact) mass is 382 g/mol. The van der Waals surface area contributed by atoms with Gasteiger partial charge in [-0.2, -0.15) is 0 Å². The van der Waals surface area contributed by atoms with E-state index >= 15 is 0 Å². The van der Waals surface area contributed by atoms with E-state index in [9.17, 15) is 0 Å². The highest BCUT2D eigenvalue weighted by atomic mass is 28.4. The van der Waals surface area contributed by atoms with Gasteiger partial charge in [-0.1, -0.05) is 20.8 Å². The molecule has 5 heteroatoms. The second-order valence-corrected chi connectivity index (χ2v) is 15.2. The van der Waals surface area contributed by atoms with Gasteiger partial charge in [-0.15, -0.1) is 0 Å². The maximum atomic E-state index is 7.05. The van der Waals surface area contributed by atoms with Crippen LogP contribution in [0.4, 0.5) is 0 Å². The third kappa shape index (κ3) is 2.53. The fourth-order valence-corrected chi connectivity index (χ4v) is 7.28. The van der Waals surface area contributed by atoms with Crippen LogP contribution in [0.3, 0.4) is 0 Å². The van der Waals surface area contributed by atoms with Crippen molar-refractivity contribution in [1.82, 2.24) is 0 Å². The van der Waals surface area contributed by atoms with E-state index in [2.05, 4.69) is 33.9 Å². The summed E-state index contributed by atoms with van der Waals surface area (Å²) in [5.41, 5.74) is -0.777. The molecule has 4 rings (SSSR count). The van der Waals surface area contributed by atoms with Crippen LogP contribution in [0, 0.1) is 0 Å². The SMILES string of the molecule is CC(C)(C)[Si](C)(C)O[C@H]1CC[C@]2(CCCO2)[C@@]2(CCCO2)[C@@]12CCCO2.